The molecule has 1 N–H and O–H groups in total. The number of para-hydroxylation sites is 1. The summed E-state index contributed by atoms with van der Waals surface area (Å²) >= 11 is 6.10. The third-order valence-corrected chi connectivity index (χ3v) is 5.15. The van der Waals surface area contributed by atoms with E-state index in [4.69, 9.17) is 16.3 Å². The van der Waals surface area contributed by atoms with Crippen molar-refractivity contribution >= 4 is 23.4 Å². The normalized spacial score (nSPS) is 12.7. The summed E-state index contributed by atoms with van der Waals surface area (Å²) in [5, 5.41) is 3.34. The number of carbonyl (C=O) groups excluding carboxylic acids is 2. The van der Waals surface area contributed by atoms with Crippen LogP contribution in [0.2, 0.25) is 5.02 Å². The predicted molar refractivity (Wildman–Crippen MR) is 116 cm³/mol. The highest BCUT2D eigenvalue weighted by molar-refractivity contribution is 6.32. The molecule has 162 valence electrons. The van der Waals surface area contributed by atoms with Crippen LogP contribution in [0.5, 0.6) is 5.75 Å². The van der Waals surface area contributed by atoms with E-state index in [1.807, 2.05) is 20.8 Å². The number of amides is 2. The Bertz CT molecular complexity index is 845. The summed E-state index contributed by atoms with van der Waals surface area (Å²) in [6.07, 6.45) is 1.21. The summed E-state index contributed by atoms with van der Waals surface area (Å²) in [7, 11) is 0. The average molecular weight is 435 g/mol. The molecule has 30 heavy (non-hydrogen) atoms. The van der Waals surface area contributed by atoms with Crippen molar-refractivity contribution in [2.24, 2.45) is 0 Å². The highest BCUT2D eigenvalue weighted by atomic mass is 35.5. The first-order chi connectivity index (χ1) is 14.3. The number of rotatable bonds is 10. The monoisotopic (exact) mass is 434 g/mol. The van der Waals surface area contributed by atoms with Gasteiger partial charge in [0.25, 0.3) is 5.91 Å². The first-order valence-corrected chi connectivity index (χ1v) is 10.4. The molecule has 7 heteroatoms. The second-order valence-corrected chi connectivity index (χ2v) is 7.52. The van der Waals surface area contributed by atoms with Gasteiger partial charge < -0.3 is 15.0 Å². The second-order valence-electron chi connectivity index (χ2n) is 7.11. The number of carbonyl (C=O) groups is 2. The zero-order valence-corrected chi connectivity index (χ0v) is 18.3. The highest BCUT2D eigenvalue weighted by Gasteiger charge is 2.29. The molecule has 0 unspecified atom stereocenters. The molecule has 0 spiro atoms. The van der Waals surface area contributed by atoms with Crippen molar-refractivity contribution in [3.63, 3.8) is 0 Å². The van der Waals surface area contributed by atoms with Crippen LogP contribution in [0.3, 0.4) is 0 Å². The molecule has 0 aliphatic rings. The number of hydrogen-bond acceptors (Lipinski definition) is 3. The molecule has 5 nitrogen and oxygen atoms in total. The molecule has 2 rings (SSSR count). The molecule has 0 saturated carbocycles. The SMILES string of the molecule is CC[C@@H](C)NC(=O)[C@@H](CC)N(Cc1ccc(F)cc1)C(=O)COc1ccccc1Cl. The van der Waals surface area contributed by atoms with Gasteiger partial charge in [0.05, 0.1) is 5.02 Å². The predicted octanol–water partition coefficient (Wildman–Crippen LogP) is 4.58. The third kappa shape index (κ3) is 6.73. The van der Waals surface area contributed by atoms with Crippen LogP contribution in [-0.4, -0.2) is 35.4 Å². The third-order valence-electron chi connectivity index (χ3n) is 4.84. The van der Waals surface area contributed by atoms with Crippen LogP contribution >= 0.6 is 11.6 Å². The molecular weight excluding hydrogens is 407 g/mol. The van der Waals surface area contributed by atoms with Crippen molar-refractivity contribution in [2.45, 2.75) is 52.2 Å². The zero-order chi connectivity index (χ0) is 22.1. The van der Waals surface area contributed by atoms with Gasteiger partial charge in [0.15, 0.2) is 6.61 Å². The molecule has 0 aliphatic carbocycles. The van der Waals surface area contributed by atoms with Crippen molar-refractivity contribution < 1.29 is 18.7 Å². The maximum absolute atomic E-state index is 13.3. The average Bonchev–Trinajstić information content (AvgIpc) is 2.74. The van der Waals surface area contributed by atoms with Crippen LogP contribution in [0, 0.1) is 5.82 Å². The first kappa shape index (κ1) is 23.7. The quantitative estimate of drug-likeness (QED) is 0.595. The molecule has 0 bridgehead atoms. The van der Waals surface area contributed by atoms with Gasteiger partial charge in [0.1, 0.15) is 17.6 Å². The molecular formula is C23H28ClFN2O3. The van der Waals surface area contributed by atoms with Gasteiger partial charge in [-0.1, -0.05) is 49.7 Å². The standard InChI is InChI=1S/C23H28ClFN2O3/c1-4-16(3)26-23(29)20(5-2)27(14-17-10-12-18(25)13-11-17)22(28)15-30-21-9-7-6-8-19(21)24/h6-13,16,20H,4-5,14-15H2,1-3H3,(H,26,29)/t16-,20-/m1/s1. The fourth-order valence-electron chi connectivity index (χ4n) is 2.93. The van der Waals surface area contributed by atoms with E-state index in [0.717, 1.165) is 12.0 Å². The van der Waals surface area contributed by atoms with E-state index < -0.39 is 6.04 Å². The van der Waals surface area contributed by atoms with Crippen molar-refractivity contribution in [1.82, 2.24) is 10.2 Å². The van der Waals surface area contributed by atoms with E-state index in [-0.39, 0.29) is 36.8 Å². The van der Waals surface area contributed by atoms with Gasteiger partial charge in [-0.2, -0.15) is 0 Å². The fourth-order valence-corrected chi connectivity index (χ4v) is 3.12. The number of halogens is 2. The summed E-state index contributed by atoms with van der Waals surface area (Å²) in [6.45, 7) is 5.64. The molecule has 0 heterocycles. The second kappa shape index (κ2) is 11.6. The van der Waals surface area contributed by atoms with Gasteiger partial charge in [-0.05, 0) is 49.6 Å². The van der Waals surface area contributed by atoms with Gasteiger partial charge in [-0.3, -0.25) is 9.59 Å². The number of ether oxygens (including phenoxy) is 1. The Morgan fingerprint density at radius 3 is 2.37 bits per heavy atom. The lowest BCUT2D eigenvalue weighted by molar-refractivity contribution is -0.143. The van der Waals surface area contributed by atoms with E-state index >= 15 is 0 Å². The van der Waals surface area contributed by atoms with E-state index in [1.54, 1.807) is 36.4 Å². The summed E-state index contributed by atoms with van der Waals surface area (Å²) in [6, 6.07) is 12.1. The summed E-state index contributed by atoms with van der Waals surface area (Å²) in [4.78, 5) is 27.4. The summed E-state index contributed by atoms with van der Waals surface area (Å²) in [5.41, 5.74) is 0.720. The summed E-state index contributed by atoms with van der Waals surface area (Å²) < 4.78 is 18.9. The largest absolute Gasteiger partial charge is 0.482 e. The molecule has 2 aromatic rings. The van der Waals surface area contributed by atoms with Gasteiger partial charge in [-0.15, -0.1) is 0 Å². The van der Waals surface area contributed by atoms with Crippen LogP contribution in [0.25, 0.3) is 0 Å². The van der Waals surface area contributed by atoms with Crippen molar-refractivity contribution in [3.8, 4) is 5.75 Å². The molecule has 0 saturated heterocycles. The van der Waals surface area contributed by atoms with Crippen molar-refractivity contribution in [3.05, 3.63) is 64.9 Å². The Morgan fingerprint density at radius 2 is 1.77 bits per heavy atom. The fraction of sp³-hybridized carbons (Fsp3) is 0.391. The Hall–Kier alpha value is -2.60. The molecule has 2 amide bonds. The maximum atomic E-state index is 13.3. The molecule has 0 fully saturated rings. The Balaban J connectivity index is 2.21. The lowest BCUT2D eigenvalue weighted by atomic mass is 10.1. The van der Waals surface area contributed by atoms with Crippen LogP contribution in [-0.2, 0) is 16.1 Å². The van der Waals surface area contributed by atoms with Crippen LogP contribution in [0.4, 0.5) is 4.39 Å². The van der Waals surface area contributed by atoms with E-state index in [2.05, 4.69) is 5.32 Å². The molecule has 0 aromatic heterocycles. The smallest absolute Gasteiger partial charge is 0.261 e. The van der Waals surface area contributed by atoms with Gasteiger partial charge in [0.2, 0.25) is 5.91 Å². The molecule has 2 aromatic carbocycles. The number of hydrogen-bond donors (Lipinski definition) is 1. The van der Waals surface area contributed by atoms with E-state index in [0.29, 0.717) is 17.2 Å². The van der Waals surface area contributed by atoms with Gasteiger partial charge in [0, 0.05) is 12.6 Å². The zero-order valence-electron chi connectivity index (χ0n) is 17.5. The van der Waals surface area contributed by atoms with Crippen LogP contribution in [0.1, 0.15) is 39.2 Å². The van der Waals surface area contributed by atoms with Crippen molar-refractivity contribution in [1.29, 1.82) is 0 Å². The molecule has 0 aliphatic heterocycles. The Kier molecular flexibility index (Phi) is 9.12. The van der Waals surface area contributed by atoms with Crippen molar-refractivity contribution in [2.75, 3.05) is 6.61 Å². The van der Waals surface area contributed by atoms with E-state index in [1.165, 1.54) is 17.0 Å². The van der Waals surface area contributed by atoms with Gasteiger partial charge >= 0.3 is 0 Å². The Morgan fingerprint density at radius 1 is 1.10 bits per heavy atom. The molecule has 0 radical (unpaired) electrons. The first-order valence-electron chi connectivity index (χ1n) is 10.1. The van der Waals surface area contributed by atoms with Crippen LogP contribution < -0.4 is 10.1 Å². The number of nitrogens with zero attached hydrogens (tertiary/aromatic N) is 1. The highest BCUT2D eigenvalue weighted by Crippen LogP contribution is 2.23. The van der Waals surface area contributed by atoms with E-state index in [9.17, 15) is 14.0 Å². The minimum absolute atomic E-state index is 0.00583. The van der Waals surface area contributed by atoms with Crippen LogP contribution in [0.15, 0.2) is 48.5 Å². The van der Waals surface area contributed by atoms with Gasteiger partial charge in [-0.25, -0.2) is 4.39 Å². The minimum Gasteiger partial charge on any atom is -0.482 e. The lowest BCUT2D eigenvalue weighted by Gasteiger charge is -2.31. The minimum atomic E-state index is -0.675. The number of nitrogens with one attached hydrogen (secondary N) is 1. The topological polar surface area (TPSA) is 58.6 Å². The Labute approximate surface area is 182 Å². The summed E-state index contributed by atoms with van der Waals surface area (Å²) in [5.74, 6) is -0.544. The molecule has 2 atom stereocenters. The maximum Gasteiger partial charge on any atom is 0.261 e. The number of benzene rings is 2. The lowest BCUT2D eigenvalue weighted by Crippen LogP contribution is -2.51.